The Bertz CT molecular complexity index is 913. The van der Waals surface area contributed by atoms with Gasteiger partial charge in [-0.05, 0) is 48.0 Å². The summed E-state index contributed by atoms with van der Waals surface area (Å²) in [5.41, 5.74) is 2.95. The highest BCUT2D eigenvalue weighted by atomic mass is 79.9. The van der Waals surface area contributed by atoms with Gasteiger partial charge < -0.3 is 15.4 Å². The largest absolute Gasteiger partial charge is 0.483 e. The Balaban J connectivity index is 1.50. The number of amides is 1. The van der Waals surface area contributed by atoms with Crippen molar-refractivity contribution in [3.8, 4) is 5.75 Å². The van der Waals surface area contributed by atoms with Gasteiger partial charge >= 0.3 is 0 Å². The molecule has 0 fully saturated rings. The van der Waals surface area contributed by atoms with E-state index in [4.69, 9.17) is 4.74 Å². The predicted molar refractivity (Wildman–Crippen MR) is 119 cm³/mol. The summed E-state index contributed by atoms with van der Waals surface area (Å²) in [6, 6.07) is 23.4. The van der Waals surface area contributed by atoms with Crippen LogP contribution in [0.2, 0.25) is 0 Å². The maximum Gasteiger partial charge on any atom is 0.262 e. The van der Waals surface area contributed by atoms with Crippen molar-refractivity contribution in [1.29, 1.82) is 0 Å². The first-order valence-electron chi connectivity index (χ1n) is 8.81. The van der Waals surface area contributed by atoms with E-state index in [0.29, 0.717) is 12.3 Å². The fraction of sp³-hybridized carbons (Fsp3) is 0.136. The van der Waals surface area contributed by atoms with E-state index < -0.39 is 0 Å². The van der Waals surface area contributed by atoms with Gasteiger partial charge in [-0.25, -0.2) is 0 Å². The number of carbonyl (C=O) groups excluding carboxylic acids is 1. The van der Waals surface area contributed by atoms with Crippen molar-refractivity contribution in [3.63, 3.8) is 0 Å². The second-order valence-electron chi connectivity index (χ2n) is 6.18. The molecule has 0 saturated carbocycles. The van der Waals surface area contributed by atoms with E-state index in [-0.39, 0.29) is 12.5 Å². The number of nitrogens with one attached hydrogen (secondary N) is 2. The van der Waals surface area contributed by atoms with Gasteiger partial charge in [0.2, 0.25) is 0 Å². The molecule has 1 amide bonds. The zero-order chi connectivity index (χ0) is 19.8. The van der Waals surface area contributed by atoms with Crippen LogP contribution in [0.3, 0.4) is 0 Å². The molecule has 0 aliphatic rings. The molecule has 0 heterocycles. The molecule has 0 bridgehead atoms. The monoisotopic (exact) mass is 502 g/mol. The van der Waals surface area contributed by atoms with Crippen molar-refractivity contribution in [2.45, 2.75) is 13.1 Å². The molecule has 0 atom stereocenters. The minimum absolute atomic E-state index is 0.0419. The number of anilines is 1. The molecule has 3 rings (SSSR count). The van der Waals surface area contributed by atoms with E-state index in [1.165, 1.54) is 5.56 Å². The van der Waals surface area contributed by atoms with E-state index in [1.807, 2.05) is 60.7 Å². The summed E-state index contributed by atoms with van der Waals surface area (Å²) < 4.78 is 7.78. The Labute approximate surface area is 181 Å². The lowest BCUT2D eigenvalue weighted by Gasteiger charge is -2.12. The normalized spacial score (nSPS) is 10.5. The Morgan fingerprint density at radius 2 is 1.46 bits per heavy atom. The van der Waals surface area contributed by atoms with Gasteiger partial charge in [0.05, 0.1) is 0 Å². The number of hydrogen-bond donors (Lipinski definition) is 2. The minimum atomic E-state index is -0.194. The molecule has 144 valence electrons. The Hall–Kier alpha value is -2.15. The van der Waals surface area contributed by atoms with Gasteiger partial charge in [-0.3, -0.25) is 4.79 Å². The van der Waals surface area contributed by atoms with E-state index >= 15 is 0 Å². The van der Waals surface area contributed by atoms with Crippen molar-refractivity contribution in [2.75, 3.05) is 11.9 Å². The van der Waals surface area contributed by atoms with Crippen molar-refractivity contribution in [1.82, 2.24) is 5.32 Å². The van der Waals surface area contributed by atoms with Gasteiger partial charge in [0.1, 0.15) is 5.75 Å². The predicted octanol–water partition coefficient (Wildman–Crippen LogP) is 5.52. The zero-order valence-electron chi connectivity index (χ0n) is 15.1. The molecule has 4 nitrogen and oxygen atoms in total. The number of benzene rings is 3. The fourth-order valence-electron chi connectivity index (χ4n) is 2.61. The summed E-state index contributed by atoms with van der Waals surface area (Å²) >= 11 is 6.82. The second kappa shape index (κ2) is 10.4. The molecule has 0 aliphatic carbocycles. The lowest BCUT2D eigenvalue weighted by Crippen LogP contribution is -2.21. The van der Waals surface area contributed by atoms with Crippen LogP contribution in [0.25, 0.3) is 0 Å². The molecule has 0 saturated heterocycles. The SMILES string of the molecule is O=C(COc1ccccc1CNCc1ccc(Br)cc1)Nc1ccc(Br)cc1. The number of halogens is 2. The van der Waals surface area contributed by atoms with Crippen LogP contribution in [0, 0.1) is 0 Å². The summed E-state index contributed by atoms with van der Waals surface area (Å²) in [5.74, 6) is 0.511. The van der Waals surface area contributed by atoms with Gasteiger partial charge in [-0.2, -0.15) is 0 Å². The van der Waals surface area contributed by atoms with Gasteiger partial charge in [-0.1, -0.05) is 62.2 Å². The third-order valence-electron chi connectivity index (χ3n) is 4.02. The molecule has 6 heteroatoms. The third kappa shape index (κ3) is 6.48. The van der Waals surface area contributed by atoms with E-state index in [9.17, 15) is 4.79 Å². The summed E-state index contributed by atoms with van der Waals surface area (Å²) in [7, 11) is 0. The minimum Gasteiger partial charge on any atom is -0.483 e. The fourth-order valence-corrected chi connectivity index (χ4v) is 3.14. The average molecular weight is 504 g/mol. The first-order valence-corrected chi connectivity index (χ1v) is 10.4. The van der Waals surface area contributed by atoms with Gasteiger partial charge in [0, 0.05) is 33.3 Å². The van der Waals surface area contributed by atoms with Crippen molar-refractivity contribution < 1.29 is 9.53 Å². The lowest BCUT2D eigenvalue weighted by atomic mass is 10.2. The molecule has 0 aromatic heterocycles. The second-order valence-corrected chi connectivity index (χ2v) is 8.01. The molecular formula is C22H20Br2N2O2. The number of rotatable bonds is 8. The summed E-state index contributed by atoms with van der Waals surface area (Å²) in [6.07, 6.45) is 0. The highest BCUT2D eigenvalue weighted by Gasteiger charge is 2.07. The molecule has 3 aromatic carbocycles. The van der Waals surface area contributed by atoms with Crippen LogP contribution in [0.5, 0.6) is 5.75 Å². The molecular weight excluding hydrogens is 484 g/mol. The molecule has 3 aromatic rings. The maximum absolute atomic E-state index is 12.1. The van der Waals surface area contributed by atoms with Crippen LogP contribution in [-0.2, 0) is 17.9 Å². The molecule has 0 unspecified atom stereocenters. The molecule has 2 N–H and O–H groups in total. The third-order valence-corrected chi connectivity index (χ3v) is 5.07. The lowest BCUT2D eigenvalue weighted by molar-refractivity contribution is -0.118. The van der Waals surface area contributed by atoms with Crippen LogP contribution >= 0.6 is 31.9 Å². The molecule has 0 spiro atoms. The standard InChI is InChI=1S/C22H20Br2N2O2/c23-18-7-5-16(6-8-18)13-25-14-17-3-1-2-4-21(17)28-15-22(27)26-20-11-9-19(24)10-12-20/h1-12,25H,13-15H2,(H,26,27). The van der Waals surface area contributed by atoms with E-state index in [1.54, 1.807) is 0 Å². The van der Waals surface area contributed by atoms with Crippen molar-refractivity contribution in [3.05, 3.63) is 92.9 Å². The van der Waals surface area contributed by atoms with E-state index in [0.717, 1.165) is 26.7 Å². The Morgan fingerprint density at radius 3 is 2.18 bits per heavy atom. The summed E-state index contributed by atoms with van der Waals surface area (Å²) in [4.78, 5) is 12.1. The summed E-state index contributed by atoms with van der Waals surface area (Å²) in [6.45, 7) is 1.37. The van der Waals surface area contributed by atoms with E-state index in [2.05, 4.69) is 54.6 Å². The first kappa shape index (κ1) is 20.6. The van der Waals surface area contributed by atoms with Crippen LogP contribution in [0.15, 0.2) is 81.7 Å². The number of carbonyl (C=O) groups is 1. The van der Waals surface area contributed by atoms with Crippen LogP contribution in [0.1, 0.15) is 11.1 Å². The van der Waals surface area contributed by atoms with Crippen LogP contribution < -0.4 is 15.4 Å². The quantitative estimate of drug-likeness (QED) is 0.425. The van der Waals surface area contributed by atoms with Crippen LogP contribution in [-0.4, -0.2) is 12.5 Å². The number of ether oxygens (including phenoxy) is 1. The van der Waals surface area contributed by atoms with Crippen molar-refractivity contribution in [2.24, 2.45) is 0 Å². The number of hydrogen-bond acceptors (Lipinski definition) is 3. The highest BCUT2D eigenvalue weighted by Crippen LogP contribution is 2.19. The van der Waals surface area contributed by atoms with Crippen LogP contribution in [0.4, 0.5) is 5.69 Å². The first-order chi connectivity index (χ1) is 13.6. The smallest absolute Gasteiger partial charge is 0.262 e. The molecule has 0 aliphatic heterocycles. The number of para-hydroxylation sites is 1. The highest BCUT2D eigenvalue weighted by molar-refractivity contribution is 9.10. The Morgan fingerprint density at radius 1 is 0.821 bits per heavy atom. The zero-order valence-corrected chi connectivity index (χ0v) is 18.3. The van der Waals surface area contributed by atoms with Gasteiger partial charge in [0.15, 0.2) is 6.61 Å². The Kier molecular flexibility index (Phi) is 7.65. The molecule has 28 heavy (non-hydrogen) atoms. The summed E-state index contributed by atoms with van der Waals surface area (Å²) in [5, 5.41) is 6.23. The van der Waals surface area contributed by atoms with Gasteiger partial charge in [0.25, 0.3) is 5.91 Å². The average Bonchev–Trinajstić information content (AvgIpc) is 2.70. The maximum atomic E-state index is 12.1. The van der Waals surface area contributed by atoms with Crippen molar-refractivity contribution >= 4 is 43.5 Å². The topological polar surface area (TPSA) is 50.4 Å². The van der Waals surface area contributed by atoms with Gasteiger partial charge in [-0.15, -0.1) is 0 Å². The molecule has 0 radical (unpaired) electrons.